The predicted octanol–water partition coefficient (Wildman–Crippen LogP) is 2.86. The number of nitrogen functional groups attached to an aromatic ring is 1. The fourth-order valence-electron chi connectivity index (χ4n) is 2.59. The van der Waals surface area contributed by atoms with E-state index >= 15 is 0 Å². The smallest absolute Gasteiger partial charge is 0.122 e. The van der Waals surface area contributed by atoms with E-state index < -0.39 is 10.8 Å². The molecule has 3 rings (SSSR count). The number of hydrogen-bond acceptors (Lipinski definition) is 3. The van der Waals surface area contributed by atoms with Crippen LogP contribution in [0.3, 0.4) is 0 Å². The molecule has 3 nitrogen and oxygen atoms in total. The maximum atomic E-state index is 12.5. The summed E-state index contributed by atoms with van der Waals surface area (Å²) in [7, 11) is -1.02. The van der Waals surface area contributed by atoms with Gasteiger partial charge in [-0.15, -0.1) is 0 Å². The van der Waals surface area contributed by atoms with E-state index in [0.717, 1.165) is 35.7 Å². The fraction of sp³-hybridized carbons (Fsp3) is 0.294. The van der Waals surface area contributed by atoms with E-state index in [1.54, 1.807) is 0 Å². The van der Waals surface area contributed by atoms with Crippen molar-refractivity contribution in [3.05, 3.63) is 53.1 Å². The number of fused-ring (bicyclic) bond motifs is 1. The Kier molecular flexibility index (Phi) is 3.97. The molecule has 110 valence electrons. The van der Waals surface area contributed by atoms with Gasteiger partial charge in [0.25, 0.3) is 0 Å². The highest BCUT2D eigenvalue weighted by Gasteiger charge is 2.13. The van der Waals surface area contributed by atoms with Gasteiger partial charge in [-0.1, -0.05) is 18.2 Å². The lowest BCUT2D eigenvalue weighted by atomic mass is 10.1. The van der Waals surface area contributed by atoms with Crippen molar-refractivity contribution in [1.29, 1.82) is 0 Å². The summed E-state index contributed by atoms with van der Waals surface area (Å²) in [6, 6.07) is 11.9. The lowest BCUT2D eigenvalue weighted by Crippen LogP contribution is -2.05. The molecule has 1 unspecified atom stereocenters. The number of hydrogen-bond donors (Lipinski definition) is 1. The van der Waals surface area contributed by atoms with Crippen molar-refractivity contribution in [1.82, 2.24) is 0 Å². The topological polar surface area (TPSA) is 52.3 Å². The van der Waals surface area contributed by atoms with Gasteiger partial charge in [0.15, 0.2) is 0 Å². The van der Waals surface area contributed by atoms with Crippen molar-refractivity contribution < 1.29 is 8.95 Å². The summed E-state index contributed by atoms with van der Waals surface area (Å²) in [5, 5.41) is 0. The van der Waals surface area contributed by atoms with Gasteiger partial charge in [0.1, 0.15) is 5.75 Å². The Balaban J connectivity index is 1.70. The molecule has 0 fully saturated rings. The van der Waals surface area contributed by atoms with Gasteiger partial charge in [0.05, 0.1) is 17.4 Å². The van der Waals surface area contributed by atoms with Gasteiger partial charge in [0, 0.05) is 22.8 Å². The highest BCUT2D eigenvalue weighted by molar-refractivity contribution is 7.85. The van der Waals surface area contributed by atoms with Gasteiger partial charge >= 0.3 is 0 Å². The van der Waals surface area contributed by atoms with Crippen LogP contribution < -0.4 is 10.5 Å². The van der Waals surface area contributed by atoms with Crippen LogP contribution >= 0.6 is 0 Å². The van der Waals surface area contributed by atoms with Gasteiger partial charge in [-0.3, -0.25) is 4.21 Å². The van der Waals surface area contributed by atoms with E-state index in [9.17, 15) is 4.21 Å². The third kappa shape index (κ3) is 2.95. The first-order chi connectivity index (χ1) is 10.1. The number of benzene rings is 2. The Morgan fingerprint density at radius 3 is 3.00 bits per heavy atom. The maximum absolute atomic E-state index is 12.5. The molecular weight excluding hydrogens is 282 g/mol. The van der Waals surface area contributed by atoms with Gasteiger partial charge < -0.3 is 10.5 Å². The third-order valence-electron chi connectivity index (χ3n) is 3.90. The molecule has 1 atom stereocenters. The molecule has 1 heterocycles. The van der Waals surface area contributed by atoms with Crippen LogP contribution in [-0.2, 0) is 23.6 Å². The Labute approximate surface area is 127 Å². The second kappa shape index (κ2) is 5.90. The normalized spacial score (nSPS) is 14.5. The minimum absolute atomic E-state index is 0.615. The number of aryl methyl sites for hydroxylation is 1. The molecule has 0 radical (unpaired) electrons. The van der Waals surface area contributed by atoms with Gasteiger partial charge in [-0.2, -0.15) is 0 Å². The summed E-state index contributed by atoms with van der Waals surface area (Å²) >= 11 is 0. The first-order valence-electron chi connectivity index (χ1n) is 7.13. The van der Waals surface area contributed by atoms with E-state index in [1.165, 1.54) is 11.1 Å². The number of anilines is 1. The minimum Gasteiger partial charge on any atom is -0.493 e. The zero-order chi connectivity index (χ0) is 14.8. The van der Waals surface area contributed by atoms with E-state index in [0.29, 0.717) is 11.4 Å². The summed E-state index contributed by atoms with van der Waals surface area (Å²) in [4.78, 5) is 0.847. The lowest BCUT2D eigenvalue weighted by Gasteiger charge is -2.09. The third-order valence-corrected chi connectivity index (χ3v) is 5.41. The van der Waals surface area contributed by atoms with Crippen LogP contribution in [0.15, 0.2) is 41.3 Å². The van der Waals surface area contributed by atoms with E-state index in [4.69, 9.17) is 10.5 Å². The predicted molar refractivity (Wildman–Crippen MR) is 86.2 cm³/mol. The Bertz CT molecular complexity index is 697. The van der Waals surface area contributed by atoms with Crippen molar-refractivity contribution in [2.75, 3.05) is 18.1 Å². The van der Waals surface area contributed by atoms with Gasteiger partial charge in [0.2, 0.25) is 0 Å². The van der Waals surface area contributed by atoms with E-state index in [1.807, 2.05) is 31.2 Å². The number of ether oxygens (including phenoxy) is 1. The van der Waals surface area contributed by atoms with Gasteiger partial charge in [-0.25, -0.2) is 0 Å². The lowest BCUT2D eigenvalue weighted by molar-refractivity contribution is 0.357. The number of rotatable bonds is 4. The molecule has 21 heavy (non-hydrogen) atoms. The second-order valence-corrected chi connectivity index (χ2v) is 6.85. The van der Waals surface area contributed by atoms with Crippen LogP contribution in [0.25, 0.3) is 0 Å². The summed E-state index contributed by atoms with van der Waals surface area (Å²) < 4.78 is 18.0. The first-order valence-corrected chi connectivity index (χ1v) is 8.45. The maximum Gasteiger partial charge on any atom is 0.122 e. The monoisotopic (exact) mass is 301 g/mol. The van der Waals surface area contributed by atoms with Gasteiger partial charge in [-0.05, 0) is 48.2 Å². The first kappa shape index (κ1) is 14.1. The molecule has 4 heteroatoms. The Hall–Kier alpha value is -1.81. The minimum atomic E-state index is -1.02. The van der Waals surface area contributed by atoms with Crippen molar-refractivity contribution in [2.45, 2.75) is 24.7 Å². The van der Waals surface area contributed by atoms with Crippen LogP contribution in [0, 0.1) is 6.92 Å². The molecule has 1 aliphatic heterocycles. The molecule has 2 aromatic rings. The quantitative estimate of drug-likeness (QED) is 0.884. The second-order valence-electron chi connectivity index (χ2n) is 5.31. The molecular formula is C17H19NO2S. The largest absolute Gasteiger partial charge is 0.493 e. The van der Waals surface area contributed by atoms with Crippen molar-refractivity contribution >= 4 is 16.5 Å². The highest BCUT2D eigenvalue weighted by Crippen LogP contribution is 2.26. The van der Waals surface area contributed by atoms with Crippen LogP contribution in [-0.4, -0.2) is 16.6 Å². The average molecular weight is 301 g/mol. The molecule has 0 saturated carbocycles. The van der Waals surface area contributed by atoms with Crippen LogP contribution in [0.1, 0.15) is 16.7 Å². The number of nitrogens with two attached hydrogens (primary N) is 1. The van der Waals surface area contributed by atoms with Crippen LogP contribution in [0.4, 0.5) is 5.69 Å². The summed E-state index contributed by atoms with van der Waals surface area (Å²) in [6.07, 6.45) is 1.77. The molecule has 0 saturated heterocycles. The SMILES string of the molecule is Cc1c(N)cccc1S(=O)CCc1ccc2c(c1)CCO2. The molecule has 0 amide bonds. The Morgan fingerprint density at radius 2 is 2.14 bits per heavy atom. The average Bonchev–Trinajstić information content (AvgIpc) is 2.95. The Morgan fingerprint density at radius 1 is 1.29 bits per heavy atom. The van der Waals surface area contributed by atoms with Crippen molar-refractivity contribution in [3.63, 3.8) is 0 Å². The standard InChI is InChI=1S/C17H19NO2S/c1-12-15(18)3-2-4-17(12)21(19)10-8-13-5-6-16-14(11-13)7-9-20-16/h2-6,11H,7-10,18H2,1H3. The van der Waals surface area contributed by atoms with Crippen LogP contribution in [0.2, 0.25) is 0 Å². The molecule has 0 aliphatic carbocycles. The molecule has 2 N–H and O–H groups in total. The molecule has 0 bridgehead atoms. The molecule has 0 spiro atoms. The van der Waals surface area contributed by atoms with Crippen molar-refractivity contribution in [2.24, 2.45) is 0 Å². The van der Waals surface area contributed by atoms with Crippen molar-refractivity contribution in [3.8, 4) is 5.75 Å². The molecule has 2 aromatic carbocycles. The summed E-state index contributed by atoms with van der Waals surface area (Å²) in [5.74, 6) is 1.61. The summed E-state index contributed by atoms with van der Waals surface area (Å²) in [5.41, 5.74) is 9.99. The molecule has 0 aromatic heterocycles. The zero-order valence-electron chi connectivity index (χ0n) is 12.1. The highest BCUT2D eigenvalue weighted by atomic mass is 32.2. The zero-order valence-corrected chi connectivity index (χ0v) is 12.9. The van der Waals surface area contributed by atoms with E-state index in [2.05, 4.69) is 12.1 Å². The van der Waals surface area contributed by atoms with E-state index in [-0.39, 0.29) is 0 Å². The molecule has 1 aliphatic rings. The fourth-order valence-corrected chi connectivity index (χ4v) is 3.92. The van der Waals surface area contributed by atoms with Crippen LogP contribution in [0.5, 0.6) is 5.75 Å². The summed E-state index contributed by atoms with van der Waals surface area (Å²) in [6.45, 7) is 2.70.